The first-order valence-electron chi connectivity index (χ1n) is 7.85. The zero-order valence-electron chi connectivity index (χ0n) is 13.4. The van der Waals surface area contributed by atoms with Crippen LogP contribution in [0.5, 0.6) is 0 Å². The van der Waals surface area contributed by atoms with Gasteiger partial charge in [0.2, 0.25) is 0 Å². The highest BCUT2D eigenvalue weighted by molar-refractivity contribution is 7.09. The van der Waals surface area contributed by atoms with Gasteiger partial charge in [0.15, 0.2) is 0 Å². The van der Waals surface area contributed by atoms with Crippen molar-refractivity contribution in [1.82, 2.24) is 10.3 Å². The molecule has 2 aliphatic rings. The molecule has 0 saturated carbocycles. The van der Waals surface area contributed by atoms with Gasteiger partial charge in [-0.3, -0.25) is 0 Å². The topological polar surface area (TPSA) is 43.4 Å². The van der Waals surface area contributed by atoms with Crippen LogP contribution in [0.1, 0.15) is 63.8 Å². The Morgan fingerprint density at radius 1 is 1.38 bits per heavy atom. The van der Waals surface area contributed by atoms with E-state index < -0.39 is 0 Å². The van der Waals surface area contributed by atoms with E-state index in [0.717, 1.165) is 43.1 Å². The molecule has 0 radical (unpaired) electrons. The van der Waals surface area contributed by atoms with Gasteiger partial charge in [-0.15, -0.1) is 11.3 Å². The predicted octanol–water partition coefficient (Wildman–Crippen LogP) is 3.43. The Morgan fingerprint density at radius 3 is 2.81 bits per heavy atom. The van der Waals surface area contributed by atoms with Crippen molar-refractivity contribution >= 4 is 11.3 Å². The molecule has 0 spiro atoms. The van der Waals surface area contributed by atoms with Crippen LogP contribution in [-0.4, -0.2) is 28.8 Å². The number of hydrogen-bond donors (Lipinski definition) is 1. The van der Waals surface area contributed by atoms with Crippen molar-refractivity contribution in [3.05, 3.63) is 16.1 Å². The summed E-state index contributed by atoms with van der Waals surface area (Å²) < 4.78 is 11.8. The molecule has 2 fully saturated rings. The highest BCUT2D eigenvalue weighted by Gasteiger charge is 2.45. The van der Waals surface area contributed by atoms with Gasteiger partial charge in [-0.05, 0) is 47.0 Å². The summed E-state index contributed by atoms with van der Waals surface area (Å²) in [6.45, 7) is 10.3. The summed E-state index contributed by atoms with van der Waals surface area (Å²) in [5.74, 6) is 0. The third-order valence-corrected chi connectivity index (χ3v) is 5.36. The van der Waals surface area contributed by atoms with E-state index in [2.05, 4.69) is 38.4 Å². The van der Waals surface area contributed by atoms with Crippen LogP contribution in [0.25, 0.3) is 0 Å². The third kappa shape index (κ3) is 3.47. The van der Waals surface area contributed by atoms with Gasteiger partial charge in [-0.25, -0.2) is 4.98 Å². The highest BCUT2D eigenvalue weighted by atomic mass is 32.1. The molecule has 1 aromatic rings. The van der Waals surface area contributed by atoms with Crippen molar-refractivity contribution in [3.8, 4) is 0 Å². The lowest BCUT2D eigenvalue weighted by Crippen LogP contribution is -2.43. The van der Waals surface area contributed by atoms with Crippen LogP contribution >= 0.6 is 11.3 Å². The summed E-state index contributed by atoms with van der Waals surface area (Å²) in [5.41, 5.74) is 0.939. The molecule has 0 aliphatic carbocycles. The Bertz CT molecular complexity index is 492. The van der Waals surface area contributed by atoms with Crippen LogP contribution in [0.3, 0.4) is 0 Å². The monoisotopic (exact) mass is 310 g/mol. The molecule has 2 aliphatic heterocycles. The zero-order valence-corrected chi connectivity index (χ0v) is 14.3. The number of thiazole rings is 1. The standard InChI is InChI=1S/C16H26N2O2S/c1-15(2)8-13(16(3,4)20-15)17-9-11-10-21-14(18-11)12-6-5-7-19-12/h10,12-13,17H,5-9H2,1-4H3. The molecule has 0 bridgehead atoms. The van der Waals surface area contributed by atoms with Crippen LogP contribution in [0.15, 0.2) is 5.38 Å². The zero-order chi connectivity index (χ0) is 15.1. The molecular weight excluding hydrogens is 284 g/mol. The highest BCUT2D eigenvalue weighted by Crippen LogP contribution is 2.37. The first-order valence-corrected chi connectivity index (χ1v) is 8.73. The molecule has 0 aromatic carbocycles. The van der Waals surface area contributed by atoms with Crippen molar-refractivity contribution in [1.29, 1.82) is 0 Å². The average molecular weight is 310 g/mol. The van der Waals surface area contributed by atoms with Crippen molar-refractivity contribution in [2.75, 3.05) is 6.61 Å². The second kappa shape index (κ2) is 5.61. The first-order chi connectivity index (χ1) is 9.86. The van der Waals surface area contributed by atoms with E-state index in [-0.39, 0.29) is 17.3 Å². The maximum Gasteiger partial charge on any atom is 0.122 e. The van der Waals surface area contributed by atoms with Gasteiger partial charge in [0, 0.05) is 24.6 Å². The van der Waals surface area contributed by atoms with Gasteiger partial charge in [-0.2, -0.15) is 0 Å². The minimum Gasteiger partial charge on any atom is -0.371 e. The Morgan fingerprint density at radius 2 is 2.19 bits per heavy atom. The lowest BCUT2D eigenvalue weighted by Gasteiger charge is -2.27. The summed E-state index contributed by atoms with van der Waals surface area (Å²) in [6.07, 6.45) is 3.52. The second-order valence-electron chi connectivity index (χ2n) is 7.28. The van der Waals surface area contributed by atoms with Crippen molar-refractivity contribution in [2.45, 2.75) is 76.9 Å². The van der Waals surface area contributed by atoms with Crippen molar-refractivity contribution in [2.24, 2.45) is 0 Å². The molecule has 118 valence electrons. The Kier molecular flexibility index (Phi) is 4.12. The molecule has 5 heteroatoms. The van der Waals surface area contributed by atoms with Gasteiger partial charge < -0.3 is 14.8 Å². The molecule has 2 saturated heterocycles. The fourth-order valence-corrected chi connectivity index (χ4v) is 4.33. The summed E-state index contributed by atoms with van der Waals surface area (Å²) >= 11 is 1.72. The van der Waals surface area contributed by atoms with Crippen LogP contribution in [0.4, 0.5) is 0 Å². The fraction of sp³-hybridized carbons (Fsp3) is 0.812. The maximum atomic E-state index is 6.12. The Hall–Kier alpha value is -0.490. The number of rotatable bonds is 4. The molecule has 3 rings (SSSR count). The minimum atomic E-state index is -0.128. The maximum absolute atomic E-state index is 6.12. The van der Waals surface area contributed by atoms with Gasteiger partial charge in [-0.1, -0.05) is 0 Å². The number of aromatic nitrogens is 1. The van der Waals surface area contributed by atoms with Crippen molar-refractivity contribution in [3.63, 3.8) is 0 Å². The SMILES string of the molecule is CC1(C)CC(NCc2csc(C3CCCO3)n2)C(C)(C)O1. The average Bonchev–Trinajstić information content (AvgIpc) is 3.05. The molecule has 4 nitrogen and oxygen atoms in total. The molecule has 1 aromatic heterocycles. The summed E-state index contributed by atoms with van der Waals surface area (Å²) in [5, 5.41) is 6.91. The summed E-state index contributed by atoms with van der Waals surface area (Å²) in [6, 6.07) is 0.361. The molecular formula is C16H26N2O2S. The predicted molar refractivity (Wildman–Crippen MR) is 84.5 cm³/mol. The van der Waals surface area contributed by atoms with E-state index in [1.54, 1.807) is 11.3 Å². The number of ether oxygens (including phenoxy) is 2. The Balaban J connectivity index is 1.58. The minimum absolute atomic E-state index is 0.0495. The smallest absolute Gasteiger partial charge is 0.122 e. The second-order valence-corrected chi connectivity index (χ2v) is 8.17. The quantitative estimate of drug-likeness (QED) is 0.925. The van der Waals surface area contributed by atoms with Crippen LogP contribution < -0.4 is 5.32 Å². The van der Waals surface area contributed by atoms with Gasteiger partial charge in [0.25, 0.3) is 0 Å². The normalized spacial score (nSPS) is 30.9. The van der Waals surface area contributed by atoms with Crippen LogP contribution in [0, 0.1) is 0 Å². The lowest BCUT2D eigenvalue weighted by atomic mass is 9.94. The largest absolute Gasteiger partial charge is 0.371 e. The van der Waals surface area contributed by atoms with Gasteiger partial charge in [0.05, 0.1) is 16.9 Å². The molecule has 2 atom stereocenters. The third-order valence-electron chi connectivity index (χ3n) is 4.38. The summed E-state index contributed by atoms with van der Waals surface area (Å²) in [7, 11) is 0. The molecule has 3 heterocycles. The molecule has 21 heavy (non-hydrogen) atoms. The van der Waals surface area contributed by atoms with Gasteiger partial charge in [0.1, 0.15) is 11.1 Å². The van der Waals surface area contributed by atoms with E-state index in [0.29, 0.717) is 6.04 Å². The van der Waals surface area contributed by atoms with Crippen molar-refractivity contribution < 1.29 is 9.47 Å². The van der Waals surface area contributed by atoms with E-state index in [1.807, 2.05) is 0 Å². The molecule has 2 unspecified atom stereocenters. The fourth-order valence-electron chi connectivity index (χ4n) is 3.43. The lowest BCUT2D eigenvalue weighted by molar-refractivity contribution is -0.0699. The van der Waals surface area contributed by atoms with E-state index in [4.69, 9.17) is 14.5 Å². The van der Waals surface area contributed by atoms with Crippen LogP contribution in [0.2, 0.25) is 0 Å². The Labute approximate surface area is 131 Å². The van der Waals surface area contributed by atoms with Gasteiger partial charge >= 0.3 is 0 Å². The first kappa shape index (κ1) is 15.4. The van der Waals surface area contributed by atoms with E-state index in [9.17, 15) is 0 Å². The molecule has 1 N–H and O–H groups in total. The van der Waals surface area contributed by atoms with E-state index in [1.165, 1.54) is 0 Å². The van der Waals surface area contributed by atoms with E-state index >= 15 is 0 Å². The summed E-state index contributed by atoms with van der Waals surface area (Å²) in [4.78, 5) is 4.73. The number of nitrogens with one attached hydrogen (secondary N) is 1. The van der Waals surface area contributed by atoms with Crippen LogP contribution in [-0.2, 0) is 16.0 Å². The molecule has 0 amide bonds. The number of hydrogen-bond acceptors (Lipinski definition) is 5. The number of nitrogens with zero attached hydrogens (tertiary/aromatic N) is 1.